The van der Waals surface area contributed by atoms with Crippen LogP contribution in [0.5, 0.6) is 0 Å². The first-order valence-corrected chi connectivity index (χ1v) is 6.15. The number of aliphatic carboxylic acids is 1. The van der Waals surface area contributed by atoms with Gasteiger partial charge in [-0.2, -0.15) is 4.68 Å². The van der Waals surface area contributed by atoms with Crippen molar-refractivity contribution in [2.24, 2.45) is 0 Å². The lowest BCUT2D eigenvalue weighted by atomic mass is 10.3. The van der Waals surface area contributed by atoms with Crippen molar-refractivity contribution in [3.05, 3.63) is 35.9 Å². The van der Waals surface area contributed by atoms with E-state index < -0.39 is 5.97 Å². The molecule has 8 heteroatoms. The van der Waals surface area contributed by atoms with Crippen molar-refractivity contribution in [2.75, 3.05) is 5.75 Å². The lowest BCUT2D eigenvalue weighted by Gasteiger charge is -2.03. The van der Waals surface area contributed by atoms with E-state index in [1.165, 1.54) is 28.6 Å². The van der Waals surface area contributed by atoms with Gasteiger partial charge in [0, 0.05) is 0 Å². The first-order chi connectivity index (χ1) is 8.66. The summed E-state index contributed by atoms with van der Waals surface area (Å²) in [5.74, 6) is -0.352. The second kappa shape index (κ2) is 5.58. The molecular weight excluding hydrogens is 259 g/mol. The molecule has 0 fully saturated rings. The first-order valence-electron chi connectivity index (χ1n) is 4.99. The van der Waals surface area contributed by atoms with E-state index in [0.29, 0.717) is 17.3 Å². The normalized spacial score (nSPS) is 10.5. The number of halogens is 1. The second-order valence-electron chi connectivity index (χ2n) is 3.37. The Bertz CT molecular complexity index is 543. The number of carboxylic acid groups (broad SMARTS) is 1. The van der Waals surface area contributed by atoms with Crippen molar-refractivity contribution in [2.45, 2.75) is 5.75 Å². The molecule has 0 radical (unpaired) electrons. The molecule has 1 N–H and O–H groups in total. The van der Waals surface area contributed by atoms with Gasteiger partial charge < -0.3 is 5.11 Å². The number of nitrogens with zero attached hydrogens (tertiary/aromatic N) is 4. The van der Waals surface area contributed by atoms with E-state index in [0.717, 1.165) is 0 Å². The monoisotopic (exact) mass is 268 g/mol. The minimum absolute atomic E-state index is 0.0176. The summed E-state index contributed by atoms with van der Waals surface area (Å²) in [6.45, 7) is 0. The van der Waals surface area contributed by atoms with Gasteiger partial charge >= 0.3 is 5.97 Å². The first kappa shape index (κ1) is 12.5. The van der Waals surface area contributed by atoms with Crippen LogP contribution >= 0.6 is 11.8 Å². The van der Waals surface area contributed by atoms with Crippen molar-refractivity contribution in [3.63, 3.8) is 0 Å². The van der Waals surface area contributed by atoms with E-state index in [9.17, 15) is 9.18 Å². The Balaban J connectivity index is 2.12. The van der Waals surface area contributed by atoms with Gasteiger partial charge in [0.1, 0.15) is 5.82 Å². The van der Waals surface area contributed by atoms with Crippen molar-refractivity contribution in [1.29, 1.82) is 0 Å². The highest BCUT2D eigenvalue weighted by Crippen LogP contribution is 2.13. The van der Waals surface area contributed by atoms with Gasteiger partial charge in [0.25, 0.3) is 0 Å². The number of aromatic nitrogens is 4. The number of hydrogen-bond acceptors (Lipinski definition) is 5. The molecule has 0 amide bonds. The molecule has 0 bridgehead atoms. The molecule has 1 aromatic heterocycles. The smallest absolute Gasteiger partial charge is 0.313 e. The van der Waals surface area contributed by atoms with E-state index in [4.69, 9.17) is 5.11 Å². The Kier molecular flexibility index (Phi) is 3.88. The van der Waals surface area contributed by atoms with Crippen LogP contribution < -0.4 is 0 Å². The third kappa shape index (κ3) is 3.04. The summed E-state index contributed by atoms with van der Waals surface area (Å²) in [5.41, 5.74) is 0.632. The lowest BCUT2D eigenvalue weighted by molar-refractivity contribution is -0.133. The van der Waals surface area contributed by atoms with Crippen molar-refractivity contribution >= 4 is 17.7 Å². The van der Waals surface area contributed by atoms with Crippen LogP contribution in [0.4, 0.5) is 4.39 Å². The van der Waals surface area contributed by atoms with Crippen molar-refractivity contribution in [1.82, 2.24) is 20.2 Å². The summed E-state index contributed by atoms with van der Waals surface area (Å²) >= 11 is 1.19. The highest BCUT2D eigenvalue weighted by molar-refractivity contribution is 7.99. The van der Waals surface area contributed by atoms with E-state index in [-0.39, 0.29) is 11.6 Å². The Morgan fingerprint density at radius 1 is 1.39 bits per heavy atom. The largest absolute Gasteiger partial charge is 0.481 e. The van der Waals surface area contributed by atoms with Gasteiger partial charge in [-0.15, -0.1) is 16.9 Å². The number of rotatable bonds is 5. The molecule has 0 aliphatic rings. The fourth-order valence-corrected chi connectivity index (χ4v) is 1.95. The number of tetrazole rings is 1. The van der Waals surface area contributed by atoms with Crippen molar-refractivity contribution < 1.29 is 14.3 Å². The molecular formula is C10H9FN4O2S. The second-order valence-corrected chi connectivity index (χ2v) is 4.36. The highest BCUT2D eigenvalue weighted by atomic mass is 32.2. The Morgan fingerprint density at radius 3 is 2.78 bits per heavy atom. The summed E-state index contributed by atoms with van der Waals surface area (Å²) in [5, 5.41) is 19.7. The molecule has 94 valence electrons. The van der Waals surface area contributed by atoms with E-state index in [1.807, 2.05) is 0 Å². The van der Waals surface area contributed by atoms with Crippen molar-refractivity contribution in [3.8, 4) is 5.69 Å². The molecule has 0 saturated carbocycles. The number of hydrogen-bond donors (Lipinski definition) is 1. The summed E-state index contributed by atoms with van der Waals surface area (Å²) < 4.78 is 14.2. The molecule has 6 nitrogen and oxygen atoms in total. The van der Waals surface area contributed by atoms with Crippen LogP contribution in [0.3, 0.4) is 0 Å². The number of benzene rings is 1. The molecule has 2 aromatic rings. The molecule has 1 heterocycles. The fourth-order valence-electron chi connectivity index (χ4n) is 1.31. The molecule has 0 saturated heterocycles. The van der Waals surface area contributed by atoms with Crippen LogP contribution in [0.25, 0.3) is 5.69 Å². The molecule has 0 atom stereocenters. The van der Waals surface area contributed by atoms with Gasteiger partial charge in [-0.25, -0.2) is 4.39 Å². The van der Waals surface area contributed by atoms with Gasteiger partial charge in [-0.05, 0) is 34.7 Å². The summed E-state index contributed by atoms with van der Waals surface area (Å²) in [6.07, 6.45) is 0. The Labute approximate surface area is 106 Å². The predicted molar refractivity (Wildman–Crippen MR) is 62.9 cm³/mol. The number of thioether (sulfide) groups is 1. The zero-order valence-corrected chi connectivity index (χ0v) is 9.97. The average molecular weight is 268 g/mol. The summed E-state index contributed by atoms with van der Waals surface area (Å²) in [7, 11) is 0. The highest BCUT2D eigenvalue weighted by Gasteiger charge is 2.09. The van der Waals surface area contributed by atoms with Gasteiger partial charge in [0.05, 0.1) is 17.2 Å². The molecule has 0 aliphatic carbocycles. The van der Waals surface area contributed by atoms with Gasteiger partial charge in [-0.1, -0.05) is 0 Å². The molecule has 0 spiro atoms. The zero-order chi connectivity index (χ0) is 13.0. The number of carbonyl (C=O) groups is 1. The van der Waals surface area contributed by atoms with E-state index >= 15 is 0 Å². The molecule has 0 aliphatic heterocycles. The van der Waals surface area contributed by atoms with Crippen LogP contribution in [-0.2, 0) is 10.5 Å². The fraction of sp³-hybridized carbons (Fsp3) is 0.200. The molecule has 0 unspecified atom stereocenters. The lowest BCUT2D eigenvalue weighted by Crippen LogP contribution is -2.04. The van der Waals surface area contributed by atoms with Gasteiger partial charge in [0.2, 0.25) is 0 Å². The van der Waals surface area contributed by atoms with Crippen LogP contribution in [0.2, 0.25) is 0 Å². The zero-order valence-electron chi connectivity index (χ0n) is 9.15. The SMILES string of the molecule is O=C(O)CSCc1nnnn1-c1ccc(F)cc1. The number of carboxylic acids is 1. The summed E-state index contributed by atoms with van der Waals surface area (Å²) in [4.78, 5) is 10.4. The van der Waals surface area contributed by atoms with Crippen LogP contribution in [0.15, 0.2) is 24.3 Å². The third-order valence-electron chi connectivity index (χ3n) is 2.06. The molecule has 2 rings (SSSR count). The quantitative estimate of drug-likeness (QED) is 0.875. The maximum Gasteiger partial charge on any atom is 0.313 e. The maximum absolute atomic E-state index is 12.8. The van der Waals surface area contributed by atoms with E-state index in [2.05, 4.69) is 15.5 Å². The van der Waals surface area contributed by atoms with Crippen LogP contribution in [0.1, 0.15) is 5.82 Å². The summed E-state index contributed by atoms with van der Waals surface area (Å²) in [6, 6.07) is 5.73. The van der Waals surface area contributed by atoms with Gasteiger partial charge in [0.15, 0.2) is 5.82 Å². The third-order valence-corrected chi connectivity index (χ3v) is 2.98. The Morgan fingerprint density at radius 2 is 2.11 bits per heavy atom. The standard InChI is InChI=1S/C10H9FN4O2S/c11-7-1-3-8(4-2-7)15-9(12-13-14-15)5-18-6-10(16)17/h1-4H,5-6H2,(H,16,17). The maximum atomic E-state index is 12.8. The minimum Gasteiger partial charge on any atom is -0.481 e. The minimum atomic E-state index is -0.888. The molecule has 1 aromatic carbocycles. The Hall–Kier alpha value is -1.96. The average Bonchev–Trinajstić information content (AvgIpc) is 2.78. The van der Waals surface area contributed by atoms with Crippen LogP contribution in [0, 0.1) is 5.82 Å². The van der Waals surface area contributed by atoms with Gasteiger partial charge in [-0.3, -0.25) is 4.79 Å². The van der Waals surface area contributed by atoms with Crippen LogP contribution in [-0.4, -0.2) is 37.0 Å². The predicted octanol–water partition coefficient (Wildman–Crippen LogP) is 1.12. The molecule has 18 heavy (non-hydrogen) atoms. The van der Waals surface area contributed by atoms with E-state index in [1.54, 1.807) is 12.1 Å². The topological polar surface area (TPSA) is 80.9 Å².